The zero-order valence-corrected chi connectivity index (χ0v) is 18.1. The molecule has 166 valence electrons. The molecule has 8 nitrogen and oxygen atoms in total. The first-order chi connectivity index (χ1) is 14.9. The average molecular weight is 448 g/mol. The van der Waals surface area contributed by atoms with Crippen LogP contribution in [0.15, 0.2) is 42.5 Å². The van der Waals surface area contributed by atoms with E-state index in [1.54, 1.807) is 0 Å². The molecule has 9 heteroatoms. The van der Waals surface area contributed by atoms with Gasteiger partial charge < -0.3 is 14.8 Å². The molecule has 0 unspecified atom stereocenters. The molecule has 3 rings (SSSR count). The minimum atomic E-state index is -0.562. The Morgan fingerprint density at radius 3 is 2.81 bits per heavy atom. The first-order valence-electron chi connectivity index (χ1n) is 10.2. The number of nitro benzene ring substituents is 1. The quantitative estimate of drug-likeness (QED) is 0.465. The summed E-state index contributed by atoms with van der Waals surface area (Å²) in [4.78, 5) is 25.1. The van der Waals surface area contributed by atoms with Crippen molar-refractivity contribution in [2.45, 2.75) is 25.4 Å². The number of carbonyl (C=O) groups is 1. The van der Waals surface area contributed by atoms with Crippen LogP contribution in [0.2, 0.25) is 5.02 Å². The number of nitrogens with one attached hydrogen (secondary N) is 1. The molecular formula is C22H26ClN3O5. The van der Waals surface area contributed by atoms with Gasteiger partial charge in [-0.15, -0.1) is 0 Å². The number of rotatable bonds is 9. The highest BCUT2D eigenvalue weighted by Gasteiger charge is 2.18. The highest BCUT2D eigenvalue weighted by molar-refractivity contribution is 6.33. The SMILES string of the molecule is CN(CCOc1cccc(CNC(=O)c2cc([N+](=O)[O-])ccc2Cl)c1)C1CCOCC1. The molecule has 2 aromatic carbocycles. The smallest absolute Gasteiger partial charge is 0.270 e. The third-order valence-corrected chi connectivity index (χ3v) is 5.61. The zero-order valence-electron chi connectivity index (χ0n) is 17.4. The third-order valence-electron chi connectivity index (χ3n) is 5.28. The maximum absolute atomic E-state index is 12.4. The fourth-order valence-corrected chi connectivity index (χ4v) is 3.64. The maximum atomic E-state index is 12.4. The van der Waals surface area contributed by atoms with Crippen LogP contribution in [0.25, 0.3) is 0 Å². The third kappa shape index (κ3) is 6.65. The van der Waals surface area contributed by atoms with Crippen LogP contribution in [0.5, 0.6) is 5.75 Å². The molecule has 0 spiro atoms. The van der Waals surface area contributed by atoms with E-state index >= 15 is 0 Å². The molecule has 2 aromatic rings. The lowest BCUT2D eigenvalue weighted by atomic mass is 10.1. The number of likely N-dealkylation sites (N-methyl/N-ethyl adjacent to an activating group) is 1. The van der Waals surface area contributed by atoms with Gasteiger partial charge in [0, 0.05) is 44.5 Å². The lowest BCUT2D eigenvalue weighted by Gasteiger charge is -2.31. The van der Waals surface area contributed by atoms with Gasteiger partial charge in [-0.1, -0.05) is 23.7 Å². The summed E-state index contributed by atoms with van der Waals surface area (Å²) in [6.45, 7) is 3.25. The van der Waals surface area contributed by atoms with Gasteiger partial charge in [-0.05, 0) is 43.7 Å². The second kappa shape index (κ2) is 11.1. The highest BCUT2D eigenvalue weighted by Crippen LogP contribution is 2.22. The molecule has 0 aromatic heterocycles. The number of hydrogen-bond donors (Lipinski definition) is 1. The van der Waals surface area contributed by atoms with E-state index in [-0.39, 0.29) is 22.8 Å². The summed E-state index contributed by atoms with van der Waals surface area (Å²) < 4.78 is 11.3. The van der Waals surface area contributed by atoms with Crippen molar-refractivity contribution in [3.63, 3.8) is 0 Å². The van der Waals surface area contributed by atoms with Crippen molar-refractivity contribution in [1.82, 2.24) is 10.2 Å². The number of hydrogen-bond acceptors (Lipinski definition) is 6. The Hall–Kier alpha value is -2.68. The molecular weight excluding hydrogens is 422 g/mol. The Balaban J connectivity index is 1.50. The van der Waals surface area contributed by atoms with E-state index in [9.17, 15) is 14.9 Å². The van der Waals surface area contributed by atoms with E-state index in [2.05, 4.69) is 17.3 Å². The average Bonchev–Trinajstić information content (AvgIpc) is 2.78. The number of non-ortho nitro benzene ring substituents is 1. The second-order valence-electron chi connectivity index (χ2n) is 7.42. The number of halogens is 1. The predicted molar refractivity (Wildman–Crippen MR) is 118 cm³/mol. The zero-order chi connectivity index (χ0) is 22.2. The Morgan fingerprint density at radius 2 is 2.06 bits per heavy atom. The van der Waals surface area contributed by atoms with Crippen molar-refractivity contribution >= 4 is 23.2 Å². The van der Waals surface area contributed by atoms with Gasteiger partial charge in [-0.25, -0.2) is 0 Å². The van der Waals surface area contributed by atoms with Gasteiger partial charge in [-0.2, -0.15) is 0 Å². The number of benzene rings is 2. The molecule has 1 amide bonds. The molecule has 1 aliphatic heterocycles. The van der Waals surface area contributed by atoms with Crippen molar-refractivity contribution in [2.24, 2.45) is 0 Å². The van der Waals surface area contributed by atoms with Crippen LogP contribution < -0.4 is 10.1 Å². The summed E-state index contributed by atoms with van der Waals surface area (Å²) in [5, 5.41) is 13.8. The Kier molecular flexibility index (Phi) is 8.22. The second-order valence-corrected chi connectivity index (χ2v) is 7.83. The van der Waals surface area contributed by atoms with E-state index in [0.29, 0.717) is 12.6 Å². The van der Waals surface area contributed by atoms with E-state index in [1.165, 1.54) is 18.2 Å². The van der Waals surface area contributed by atoms with Crippen LogP contribution in [0.4, 0.5) is 5.69 Å². The van der Waals surface area contributed by atoms with Gasteiger partial charge in [0.05, 0.1) is 15.5 Å². The van der Waals surface area contributed by atoms with Crippen LogP contribution in [0.1, 0.15) is 28.8 Å². The van der Waals surface area contributed by atoms with Gasteiger partial charge in [0.2, 0.25) is 0 Å². The number of carbonyl (C=O) groups excluding carboxylic acids is 1. The Bertz CT molecular complexity index is 918. The van der Waals surface area contributed by atoms with Crippen molar-refractivity contribution in [2.75, 3.05) is 33.4 Å². The van der Waals surface area contributed by atoms with Crippen molar-refractivity contribution in [3.8, 4) is 5.75 Å². The number of nitrogens with zero attached hydrogens (tertiary/aromatic N) is 2. The molecule has 1 heterocycles. The summed E-state index contributed by atoms with van der Waals surface area (Å²) >= 11 is 6.03. The van der Waals surface area contributed by atoms with E-state index in [0.717, 1.165) is 43.9 Å². The van der Waals surface area contributed by atoms with Gasteiger partial charge in [0.1, 0.15) is 12.4 Å². The van der Waals surface area contributed by atoms with Gasteiger partial charge in [0.15, 0.2) is 0 Å². The molecule has 0 saturated carbocycles. The van der Waals surface area contributed by atoms with E-state index < -0.39 is 10.8 Å². The van der Waals surface area contributed by atoms with Crippen molar-refractivity contribution in [3.05, 3.63) is 68.7 Å². The molecule has 1 fully saturated rings. The summed E-state index contributed by atoms with van der Waals surface area (Å²) in [5.74, 6) is 0.249. The van der Waals surface area contributed by atoms with E-state index in [1.807, 2.05) is 24.3 Å². The molecule has 1 saturated heterocycles. The topological polar surface area (TPSA) is 93.9 Å². The Labute approximate surface area is 186 Å². The fourth-order valence-electron chi connectivity index (χ4n) is 3.44. The molecule has 0 atom stereocenters. The van der Waals surface area contributed by atoms with Crippen LogP contribution >= 0.6 is 11.6 Å². The van der Waals surface area contributed by atoms with Crippen LogP contribution in [-0.4, -0.2) is 55.2 Å². The maximum Gasteiger partial charge on any atom is 0.270 e. The molecule has 0 radical (unpaired) electrons. The van der Waals surface area contributed by atoms with Gasteiger partial charge in [-0.3, -0.25) is 19.8 Å². The first-order valence-corrected chi connectivity index (χ1v) is 10.5. The lowest BCUT2D eigenvalue weighted by molar-refractivity contribution is -0.384. The summed E-state index contributed by atoms with van der Waals surface area (Å²) in [6.07, 6.45) is 2.08. The molecule has 0 aliphatic carbocycles. The number of nitro groups is 1. The van der Waals surface area contributed by atoms with Gasteiger partial charge >= 0.3 is 0 Å². The molecule has 1 N–H and O–H groups in total. The van der Waals surface area contributed by atoms with Crippen LogP contribution in [0, 0.1) is 10.1 Å². The summed E-state index contributed by atoms with van der Waals surface area (Å²) in [5.41, 5.74) is 0.736. The Morgan fingerprint density at radius 1 is 1.29 bits per heavy atom. The largest absolute Gasteiger partial charge is 0.492 e. The first kappa shape index (κ1) is 23.0. The number of amides is 1. The standard InChI is InChI=1S/C22H26ClN3O5/c1-25(17-7-10-30-11-8-17)9-12-31-19-4-2-3-16(13-19)15-24-22(27)20-14-18(26(28)29)5-6-21(20)23/h2-6,13-14,17H,7-12,15H2,1H3,(H,24,27). The minimum absolute atomic E-state index is 0.0689. The van der Waals surface area contributed by atoms with Crippen molar-refractivity contribution in [1.29, 1.82) is 0 Å². The normalized spacial score (nSPS) is 14.4. The molecule has 31 heavy (non-hydrogen) atoms. The summed E-state index contributed by atoms with van der Waals surface area (Å²) in [7, 11) is 2.10. The fraction of sp³-hybridized carbons (Fsp3) is 0.409. The number of ether oxygens (including phenoxy) is 2. The van der Waals surface area contributed by atoms with Crippen molar-refractivity contribution < 1.29 is 19.2 Å². The minimum Gasteiger partial charge on any atom is -0.492 e. The highest BCUT2D eigenvalue weighted by atomic mass is 35.5. The lowest BCUT2D eigenvalue weighted by Crippen LogP contribution is -2.38. The van der Waals surface area contributed by atoms with Crippen LogP contribution in [-0.2, 0) is 11.3 Å². The summed E-state index contributed by atoms with van der Waals surface area (Å²) in [6, 6.07) is 11.8. The monoisotopic (exact) mass is 447 g/mol. The predicted octanol–water partition coefficient (Wildman–Crippen LogP) is 3.67. The van der Waals surface area contributed by atoms with E-state index in [4.69, 9.17) is 21.1 Å². The molecule has 0 bridgehead atoms. The molecule has 1 aliphatic rings. The van der Waals surface area contributed by atoms with Gasteiger partial charge in [0.25, 0.3) is 11.6 Å². The van der Waals surface area contributed by atoms with Crippen LogP contribution in [0.3, 0.4) is 0 Å².